The molecular formula is C9H16N2S. The molecule has 0 aliphatic heterocycles. The van der Waals surface area contributed by atoms with E-state index in [1.807, 2.05) is 0 Å². The van der Waals surface area contributed by atoms with Gasteiger partial charge in [0.1, 0.15) is 0 Å². The normalized spacial score (nSPS) is 11.7. The Morgan fingerprint density at radius 3 is 2.58 bits per heavy atom. The lowest BCUT2D eigenvalue weighted by molar-refractivity contribution is 0.633. The van der Waals surface area contributed by atoms with E-state index < -0.39 is 0 Å². The molecule has 0 aromatic carbocycles. The van der Waals surface area contributed by atoms with Crippen molar-refractivity contribution in [1.82, 2.24) is 4.98 Å². The number of thiazole rings is 1. The Balaban J connectivity index is 2.64. The molecule has 12 heavy (non-hydrogen) atoms. The highest BCUT2D eigenvalue weighted by Gasteiger charge is 2.11. The SMILES string of the molecule is CCc1csc(NC(C)(C)C)n1. The fraction of sp³-hybridized carbons (Fsp3) is 0.667. The predicted octanol–water partition coefficient (Wildman–Crippen LogP) is 2.92. The summed E-state index contributed by atoms with van der Waals surface area (Å²) < 4.78 is 0. The molecule has 1 rings (SSSR count). The minimum Gasteiger partial charge on any atom is -0.357 e. The van der Waals surface area contributed by atoms with Crippen LogP contribution in [0.1, 0.15) is 33.4 Å². The number of hydrogen-bond donors (Lipinski definition) is 1. The van der Waals surface area contributed by atoms with Gasteiger partial charge in [-0.15, -0.1) is 11.3 Å². The average Bonchev–Trinajstić information content (AvgIpc) is 2.32. The quantitative estimate of drug-likeness (QED) is 0.764. The van der Waals surface area contributed by atoms with Gasteiger partial charge in [0, 0.05) is 10.9 Å². The molecule has 0 bridgehead atoms. The molecule has 1 N–H and O–H groups in total. The fourth-order valence-corrected chi connectivity index (χ4v) is 1.85. The van der Waals surface area contributed by atoms with Gasteiger partial charge in [-0.1, -0.05) is 6.92 Å². The summed E-state index contributed by atoms with van der Waals surface area (Å²) in [5.74, 6) is 0. The summed E-state index contributed by atoms with van der Waals surface area (Å²) in [6.07, 6.45) is 1.02. The molecule has 0 unspecified atom stereocenters. The van der Waals surface area contributed by atoms with Gasteiger partial charge in [-0.2, -0.15) is 0 Å². The largest absolute Gasteiger partial charge is 0.357 e. The van der Waals surface area contributed by atoms with Crippen LogP contribution in [0, 0.1) is 0 Å². The van der Waals surface area contributed by atoms with Gasteiger partial charge in [0.25, 0.3) is 0 Å². The van der Waals surface area contributed by atoms with E-state index in [4.69, 9.17) is 0 Å². The molecule has 0 aliphatic rings. The van der Waals surface area contributed by atoms with Gasteiger partial charge in [0.2, 0.25) is 0 Å². The van der Waals surface area contributed by atoms with E-state index in [1.54, 1.807) is 11.3 Å². The van der Waals surface area contributed by atoms with Crippen LogP contribution < -0.4 is 5.32 Å². The molecule has 0 radical (unpaired) electrons. The van der Waals surface area contributed by atoms with Crippen molar-refractivity contribution in [2.75, 3.05) is 5.32 Å². The molecule has 0 atom stereocenters. The Labute approximate surface area is 78.0 Å². The highest BCUT2D eigenvalue weighted by Crippen LogP contribution is 2.19. The second-order valence-electron chi connectivity index (χ2n) is 3.87. The summed E-state index contributed by atoms with van der Waals surface area (Å²) in [4.78, 5) is 4.42. The van der Waals surface area contributed by atoms with E-state index in [-0.39, 0.29) is 5.54 Å². The predicted molar refractivity (Wildman–Crippen MR) is 54.9 cm³/mol. The van der Waals surface area contributed by atoms with Crippen molar-refractivity contribution in [3.63, 3.8) is 0 Å². The van der Waals surface area contributed by atoms with Gasteiger partial charge in [-0.05, 0) is 27.2 Å². The van der Waals surface area contributed by atoms with Crippen LogP contribution in [0.15, 0.2) is 5.38 Å². The number of rotatable bonds is 2. The lowest BCUT2D eigenvalue weighted by Crippen LogP contribution is -2.25. The third kappa shape index (κ3) is 2.81. The zero-order valence-corrected chi connectivity index (χ0v) is 8.96. The third-order valence-electron chi connectivity index (χ3n) is 1.40. The van der Waals surface area contributed by atoms with Crippen LogP contribution in [0.2, 0.25) is 0 Å². The lowest BCUT2D eigenvalue weighted by Gasteiger charge is -2.19. The zero-order chi connectivity index (χ0) is 9.19. The Morgan fingerprint density at radius 1 is 1.50 bits per heavy atom. The molecule has 1 aromatic rings. The Hall–Kier alpha value is -0.570. The maximum atomic E-state index is 4.42. The lowest BCUT2D eigenvalue weighted by atomic mass is 10.1. The van der Waals surface area contributed by atoms with Crippen molar-refractivity contribution in [2.45, 2.75) is 39.7 Å². The first-order chi connectivity index (χ1) is 5.51. The number of nitrogens with zero attached hydrogens (tertiary/aromatic N) is 1. The number of aryl methyl sites for hydroxylation is 1. The van der Waals surface area contributed by atoms with E-state index in [9.17, 15) is 0 Å². The second-order valence-corrected chi connectivity index (χ2v) is 4.73. The summed E-state index contributed by atoms with van der Waals surface area (Å²) in [7, 11) is 0. The van der Waals surface area contributed by atoms with Crippen LogP contribution in [-0.4, -0.2) is 10.5 Å². The Bertz CT molecular complexity index is 247. The van der Waals surface area contributed by atoms with Crippen LogP contribution in [0.3, 0.4) is 0 Å². The van der Waals surface area contributed by atoms with Gasteiger partial charge >= 0.3 is 0 Å². The van der Waals surface area contributed by atoms with Gasteiger partial charge in [0.05, 0.1) is 5.69 Å². The number of hydrogen-bond acceptors (Lipinski definition) is 3. The van der Waals surface area contributed by atoms with Crippen molar-refractivity contribution >= 4 is 16.5 Å². The minimum atomic E-state index is 0.114. The molecule has 1 aromatic heterocycles. The average molecular weight is 184 g/mol. The summed E-state index contributed by atoms with van der Waals surface area (Å²) in [5.41, 5.74) is 1.29. The van der Waals surface area contributed by atoms with Gasteiger partial charge in [-0.25, -0.2) is 4.98 Å². The van der Waals surface area contributed by atoms with Crippen molar-refractivity contribution < 1.29 is 0 Å². The molecule has 1 heterocycles. The van der Waals surface area contributed by atoms with Crippen LogP contribution in [0.4, 0.5) is 5.13 Å². The first kappa shape index (κ1) is 9.52. The monoisotopic (exact) mass is 184 g/mol. The topological polar surface area (TPSA) is 24.9 Å². The summed E-state index contributed by atoms with van der Waals surface area (Å²) in [5, 5.41) is 6.48. The first-order valence-corrected chi connectivity index (χ1v) is 5.12. The summed E-state index contributed by atoms with van der Waals surface area (Å²) in [6, 6.07) is 0. The van der Waals surface area contributed by atoms with Crippen molar-refractivity contribution in [3.05, 3.63) is 11.1 Å². The number of anilines is 1. The molecule has 68 valence electrons. The molecule has 0 saturated carbocycles. The zero-order valence-electron chi connectivity index (χ0n) is 8.14. The van der Waals surface area contributed by atoms with E-state index in [1.165, 1.54) is 5.69 Å². The second kappa shape index (κ2) is 3.44. The smallest absolute Gasteiger partial charge is 0.183 e. The van der Waals surface area contributed by atoms with Gasteiger partial charge < -0.3 is 5.32 Å². The maximum Gasteiger partial charge on any atom is 0.183 e. The molecule has 3 heteroatoms. The molecule has 0 fully saturated rings. The van der Waals surface area contributed by atoms with Crippen molar-refractivity contribution in [3.8, 4) is 0 Å². The van der Waals surface area contributed by atoms with Crippen molar-refractivity contribution in [1.29, 1.82) is 0 Å². The summed E-state index contributed by atoms with van der Waals surface area (Å²) >= 11 is 1.68. The van der Waals surface area contributed by atoms with E-state index in [0.717, 1.165) is 11.6 Å². The Kier molecular flexibility index (Phi) is 2.73. The van der Waals surface area contributed by atoms with Crippen LogP contribution in [0.25, 0.3) is 0 Å². The Morgan fingerprint density at radius 2 is 2.17 bits per heavy atom. The number of nitrogens with one attached hydrogen (secondary N) is 1. The maximum absolute atomic E-state index is 4.42. The van der Waals surface area contributed by atoms with Crippen LogP contribution >= 0.6 is 11.3 Å². The molecule has 0 saturated heterocycles. The summed E-state index contributed by atoms with van der Waals surface area (Å²) in [6.45, 7) is 8.54. The fourth-order valence-electron chi connectivity index (χ4n) is 0.848. The third-order valence-corrected chi connectivity index (χ3v) is 2.20. The molecular weight excluding hydrogens is 168 g/mol. The van der Waals surface area contributed by atoms with Gasteiger partial charge in [-0.3, -0.25) is 0 Å². The van der Waals surface area contributed by atoms with Crippen LogP contribution in [0.5, 0.6) is 0 Å². The molecule has 0 spiro atoms. The standard InChI is InChI=1S/C9H16N2S/c1-5-7-6-12-8(10-7)11-9(2,3)4/h6H,5H2,1-4H3,(H,10,11). The number of aromatic nitrogens is 1. The highest BCUT2D eigenvalue weighted by molar-refractivity contribution is 7.13. The first-order valence-electron chi connectivity index (χ1n) is 4.24. The van der Waals surface area contributed by atoms with E-state index in [0.29, 0.717) is 0 Å². The minimum absolute atomic E-state index is 0.114. The molecule has 0 amide bonds. The molecule has 0 aliphatic carbocycles. The van der Waals surface area contributed by atoms with Crippen molar-refractivity contribution in [2.24, 2.45) is 0 Å². The highest BCUT2D eigenvalue weighted by atomic mass is 32.1. The van der Waals surface area contributed by atoms with E-state index in [2.05, 4.69) is 43.4 Å². The molecule has 2 nitrogen and oxygen atoms in total. The van der Waals surface area contributed by atoms with Gasteiger partial charge in [0.15, 0.2) is 5.13 Å². The van der Waals surface area contributed by atoms with Crippen LogP contribution in [-0.2, 0) is 6.42 Å². The van der Waals surface area contributed by atoms with E-state index >= 15 is 0 Å².